The molecular weight excluding hydrogens is 440 g/mol. The van der Waals surface area contributed by atoms with Gasteiger partial charge < -0.3 is 69.6 Å². The first-order valence-corrected chi connectivity index (χ1v) is 10.2. The monoisotopic (exact) mass is 474 g/mol. The molecule has 0 aromatic rings. The van der Waals surface area contributed by atoms with Crippen molar-refractivity contribution >= 4 is 0 Å². The van der Waals surface area contributed by atoms with E-state index in [1.165, 1.54) is 6.92 Å². The van der Waals surface area contributed by atoms with Gasteiger partial charge in [0.25, 0.3) is 0 Å². The summed E-state index contributed by atoms with van der Waals surface area (Å²) in [6.45, 7) is -1.33. The lowest BCUT2D eigenvalue weighted by Gasteiger charge is -2.43. The fourth-order valence-corrected chi connectivity index (χ4v) is 3.38. The third-order valence-electron chi connectivity index (χ3n) is 5.23. The lowest BCUT2D eigenvalue weighted by molar-refractivity contribution is -0.386. The van der Waals surface area contributed by atoms with E-state index < -0.39 is 93.4 Å². The van der Waals surface area contributed by atoms with Crippen LogP contribution in [0.1, 0.15) is 6.92 Å². The summed E-state index contributed by atoms with van der Waals surface area (Å²) in [6.07, 6.45) is -14.6. The second-order valence-corrected chi connectivity index (χ2v) is 7.90. The molecule has 0 aromatic heterocycles. The SMILES string of the molecule is CC(O)COC(CO)COC[C@@]1(O[C@H]2O[C@H](CO)[C@@H](O)[C@H](O)[C@H]2O)O[C@H](CO)[C@@H](O)[C@@H]1O. The summed E-state index contributed by atoms with van der Waals surface area (Å²) in [4.78, 5) is 0. The van der Waals surface area contributed by atoms with E-state index in [4.69, 9.17) is 23.7 Å². The van der Waals surface area contributed by atoms with Gasteiger partial charge in [0, 0.05) is 0 Å². The average Bonchev–Trinajstić information content (AvgIpc) is 3.01. The van der Waals surface area contributed by atoms with Crippen molar-refractivity contribution in [3.63, 3.8) is 0 Å². The van der Waals surface area contributed by atoms with Crippen LogP contribution in [0.2, 0.25) is 0 Å². The van der Waals surface area contributed by atoms with Crippen molar-refractivity contribution in [2.24, 2.45) is 0 Å². The molecule has 14 heteroatoms. The Hall–Kier alpha value is -0.560. The Morgan fingerprint density at radius 1 is 0.875 bits per heavy atom. The zero-order valence-electron chi connectivity index (χ0n) is 17.6. The topological polar surface area (TPSA) is 228 Å². The van der Waals surface area contributed by atoms with Crippen LogP contribution in [0.3, 0.4) is 0 Å². The van der Waals surface area contributed by atoms with E-state index in [1.807, 2.05) is 0 Å². The second-order valence-electron chi connectivity index (χ2n) is 7.90. The van der Waals surface area contributed by atoms with E-state index >= 15 is 0 Å². The predicted octanol–water partition coefficient (Wildman–Crippen LogP) is -5.61. The number of hydrogen-bond donors (Lipinski definition) is 9. The number of rotatable bonds is 12. The summed E-state index contributed by atoms with van der Waals surface area (Å²) in [7, 11) is 0. The predicted molar refractivity (Wildman–Crippen MR) is 101 cm³/mol. The van der Waals surface area contributed by atoms with Crippen molar-refractivity contribution < 1.29 is 69.6 Å². The van der Waals surface area contributed by atoms with Crippen LogP contribution in [-0.2, 0) is 23.7 Å². The molecule has 2 heterocycles. The second kappa shape index (κ2) is 12.2. The Bertz CT molecular complexity index is 550. The Morgan fingerprint density at radius 3 is 2.06 bits per heavy atom. The van der Waals surface area contributed by atoms with Crippen LogP contribution in [0, 0.1) is 0 Å². The Morgan fingerprint density at radius 2 is 1.53 bits per heavy atom. The zero-order valence-corrected chi connectivity index (χ0v) is 17.6. The van der Waals surface area contributed by atoms with Gasteiger partial charge in [0.15, 0.2) is 6.29 Å². The van der Waals surface area contributed by atoms with Crippen molar-refractivity contribution in [3.8, 4) is 0 Å². The largest absolute Gasteiger partial charge is 0.394 e. The molecule has 2 rings (SSSR count). The summed E-state index contributed by atoms with van der Waals surface area (Å²) >= 11 is 0. The third-order valence-corrected chi connectivity index (χ3v) is 5.23. The first-order valence-electron chi connectivity index (χ1n) is 10.2. The minimum Gasteiger partial charge on any atom is -0.394 e. The highest BCUT2D eigenvalue weighted by Crippen LogP contribution is 2.36. The van der Waals surface area contributed by atoms with E-state index in [-0.39, 0.29) is 13.2 Å². The van der Waals surface area contributed by atoms with Gasteiger partial charge in [-0.3, -0.25) is 0 Å². The molecule has 0 saturated carbocycles. The van der Waals surface area contributed by atoms with Gasteiger partial charge in [-0.2, -0.15) is 0 Å². The van der Waals surface area contributed by atoms with Gasteiger partial charge in [0.2, 0.25) is 5.79 Å². The standard InChI is InChI=1S/C18H34O14/c1-8(22)5-29-9(2-19)6-28-7-18(16(27)13(24)11(4-21)31-18)32-17-15(26)14(25)12(23)10(3-20)30-17/h8-17,19-27H,2-7H2,1H3/t8?,9?,10-,11-,12-,13-,14+,15-,16+,17-,18+/m1/s1. The zero-order chi connectivity index (χ0) is 24.1. The van der Waals surface area contributed by atoms with E-state index in [2.05, 4.69) is 0 Å². The number of ether oxygens (including phenoxy) is 5. The molecule has 9 N–H and O–H groups in total. The minimum absolute atomic E-state index is 0.0779. The quantitative estimate of drug-likeness (QED) is 0.128. The molecule has 0 radical (unpaired) electrons. The molecule has 2 unspecified atom stereocenters. The highest BCUT2D eigenvalue weighted by molar-refractivity contribution is 4.98. The van der Waals surface area contributed by atoms with Gasteiger partial charge in [-0.05, 0) is 6.92 Å². The molecule has 0 spiro atoms. The highest BCUT2D eigenvalue weighted by Gasteiger charge is 2.58. The van der Waals surface area contributed by atoms with Gasteiger partial charge in [0.1, 0.15) is 55.4 Å². The summed E-state index contributed by atoms with van der Waals surface area (Å²) in [6, 6.07) is 0. The summed E-state index contributed by atoms with van der Waals surface area (Å²) in [5, 5.41) is 88.3. The van der Waals surface area contributed by atoms with Crippen LogP contribution in [0.15, 0.2) is 0 Å². The van der Waals surface area contributed by atoms with E-state index in [9.17, 15) is 46.0 Å². The Kier molecular flexibility index (Phi) is 10.6. The van der Waals surface area contributed by atoms with Gasteiger partial charge in [-0.15, -0.1) is 0 Å². The van der Waals surface area contributed by atoms with E-state index in [1.54, 1.807) is 0 Å². The lowest BCUT2D eigenvalue weighted by atomic mass is 9.99. The van der Waals surface area contributed by atoms with Crippen LogP contribution in [0.4, 0.5) is 0 Å². The first-order chi connectivity index (χ1) is 15.1. The van der Waals surface area contributed by atoms with Crippen molar-refractivity contribution in [1.82, 2.24) is 0 Å². The van der Waals surface area contributed by atoms with E-state index in [0.717, 1.165) is 0 Å². The maximum Gasteiger partial charge on any atom is 0.224 e. The Labute approximate surface area is 184 Å². The van der Waals surface area contributed by atoms with Crippen LogP contribution in [0.25, 0.3) is 0 Å². The van der Waals surface area contributed by atoms with Crippen LogP contribution in [-0.4, -0.2) is 153 Å². The molecule has 11 atom stereocenters. The molecule has 2 saturated heterocycles. The molecule has 0 aromatic carbocycles. The molecule has 0 amide bonds. The van der Waals surface area contributed by atoms with Crippen molar-refractivity contribution in [1.29, 1.82) is 0 Å². The maximum atomic E-state index is 10.6. The fraction of sp³-hybridized carbons (Fsp3) is 1.00. The van der Waals surface area contributed by atoms with Crippen molar-refractivity contribution in [2.75, 3.05) is 39.6 Å². The first kappa shape index (κ1) is 27.7. The van der Waals surface area contributed by atoms with Gasteiger partial charge >= 0.3 is 0 Å². The smallest absolute Gasteiger partial charge is 0.224 e. The normalized spacial score (nSPS) is 42.2. The van der Waals surface area contributed by atoms with Crippen LogP contribution in [0.5, 0.6) is 0 Å². The van der Waals surface area contributed by atoms with Crippen LogP contribution >= 0.6 is 0 Å². The van der Waals surface area contributed by atoms with Crippen molar-refractivity contribution in [2.45, 2.75) is 73.9 Å². The van der Waals surface area contributed by atoms with E-state index in [0.29, 0.717) is 0 Å². The molecule has 14 nitrogen and oxygen atoms in total. The summed E-state index contributed by atoms with van der Waals surface area (Å²) < 4.78 is 27.0. The molecule has 2 aliphatic rings. The highest BCUT2D eigenvalue weighted by atomic mass is 16.8. The maximum absolute atomic E-state index is 10.6. The molecule has 0 aliphatic carbocycles. The fourth-order valence-electron chi connectivity index (χ4n) is 3.38. The number of aliphatic hydroxyl groups excluding tert-OH is 9. The number of aliphatic hydroxyl groups is 9. The molecule has 0 bridgehead atoms. The van der Waals surface area contributed by atoms with Gasteiger partial charge in [-0.25, -0.2) is 0 Å². The lowest BCUT2D eigenvalue weighted by Crippen LogP contribution is -2.62. The molecule has 190 valence electrons. The summed E-state index contributed by atoms with van der Waals surface area (Å²) in [5.74, 6) is -2.20. The summed E-state index contributed by atoms with van der Waals surface area (Å²) in [5.41, 5.74) is 0. The van der Waals surface area contributed by atoms with Gasteiger partial charge in [0.05, 0.1) is 39.1 Å². The average molecular weight is 474 g/mol. The molecule has 2 aliphatic heterocycles. The third kappa shape index (κ3) is 6.31. The Balaban J connectivity index is 2.14. The number of hydrogen-bond acceptors (Lipinski definition) is 14. The van der Waals surface area contributed by atoms with Gasteiger partial charge in [-0.1, -0.05) is 0 Å². The molecular formula is C18H34O14. The van der Waals surface area contributed by atoms with Crippen molar-refractivity contribution in [3.05, 3.63) is 0 Å². The molecule has 2 fully saturated rings. The molecule has 32 heavy (non-hydrogen) atoms. The van der Waals surface area contributed by atoms with Crippen LogP contribution < -0.4 is 0 Å². The minimum atomic E-state index is -2.20.